The summed E-state index contributed by atoms with van der Waals surface area (Å²) in [5.74, 6) is 0.0507. The van der Waals surface area contributed by atoms with Crippen LogP contribution >= 0.6 is 0 Å². The Morgan fingerprint density at radius 1 is 1.00 bits per heavy atom. The number of amides is 1. The molecular weight excluding hydrogens is 424 g/mol. The second-order valence-electron chi connectivity index (χ2n) is 7.80. The number of nitrogens with zero attached hydrogens (tertiary/aromatic N) is 1. The minimum Gasteiger partial charge on any atom is -0.476 e. The first-order valence-electron chi connectivity index (χ1n) is 10.6. The largest absolute Gasteiger partial charge is 0.476 e. The van der Waals surface area contributed by atoms with Gasteiger partial charge in [-0.05, 0) is 49.6 Å². The summed E-state index contributed by atoms with van der Waals surface area (Å²) in [4.78, 5) is 13.0. The van der Waals surface area contributed by atoms with Gasteiger partial charge in [0.2, 0.25) is 0 Å². The summed E-state index contributed by atoms with van der Waals surface area (Å²) in [6.07, 6.45) is 0.705. The van der Waals surface area contributed by atoms with Gasteiger partial charge in [0, 0.05) is 6.54 Å². The van der Waals surface area contributed by atoms with Gasteiger partial charge < -0.3 is 10.1 Å². The molecule has 0 aliphatic carbocycles. The lowest BCUT2D eigenvalue weighted by atomic mass is 10.1. The average Bonchev–Trinajstić information content (AvgIpc) is 2.82. The average molecular weight is 451 g/mol. The number of carbonyl (C=O) groups excluding carboxylic acids is 1. The van der Waals surface area contributed by atoms with Crippen LogP contribution in [-0.4, -0.2) is 33.5 Å². The minimum atomic E-state index is -3.83. The van der Waals surface area contributed by atoms with Crippen molar-refractivity contribution in [2.24, 2.45) is 0 Å². The molecule has 0 spiro atoms. The van der Waals surface area contributed by atoms with E-state index in [0.29, 0.717) is 18.0 Å². The van der Waals surface area contributed by atoms with Crippen LogP contribution in [0.25, 0.3) is 0 Å². The lowest BCUT2D eigenvalue weighted by Crippen LogP contribution is -2.50. The SMILES string of the molecule is Cc1ccc(CCCNC(=O)[C@H]2CN(S(=O)(=O)c3ccccc3)c3ccccc3O2)cc1. The Hall–Kier alpha value is -3.32. The fraction of sp³-hybridized carbons (Fsp3) is 0.240. The summed E-state index contributed by atoms with van der Waals surface area (Å²) in [7, 11) is -3.83. The lowest BCUT2D eigenvalue weighted by Gasteiger charge is -2.34. The molecule has 0 unspecified atom stereocenters. The van der Waals surface area contributed by atoms with E-state index in [9.17, 15) is 13.2 Å². The van der Waals surface area contributed by atoms with Gasteiger partial charge in [0.05, 0.1) is 17.1 Å². The van der Waals surface area contributed by atoms with Crippen molar-refractivity contribution in [2.45, 2.75) is 30.8 Å². The van der Waals surface area contributed by atoms with Gasteiger partial charge in [0.25, 0.3) is 15.9 Å². The molecule has 3 aromatic rings. The van der Waals surface area contributed by atoms with Crippen molar-refractivity contribution >= 4 is 21.6 Å². The number of fused-ring (bicyclic) bond motifs is 1. The maximum Gasteiger partial charge on any atom is 0.264 e. The first kappa shape index (κ1) is 21.9. The van der Waals surface area contributed by atoms with Crippen LogP contribution < -0.4 is 14.4 Å². The minimum absolute atomic E-state index is 0.0853. The van der Waals surface area contributed by atoms with Crippen LogP contribution in [0.5, 0.6) is 5.75 Å². The molecule has 1 aliphatic heterocycles. The predicted octanol–water partition coefficient (Wildman–Crippen LogP) is 3.70. The molecule has 1 aliphatic rings. The standard InChI is InChI=1S/C25H26N2O4S/c1-19-13-15-20(16-14-19)8-7-17-26-25(28)24-18-27(22-11-5-6-12-23(22)31-24)32(29,30)21-9-3-2-4-10-21/h2-6,9-16,24H,7-8,17-18H2,1H3,(H,26,28)/t24-/m1/s1. The van der Waals surface area contributed by atoms with Crippen LogP contribution in [0.1, 0.15) is 17.5 Å². The van der Waals surface area contributed by atoms with Crippen molar-refractivity contribution in [2.75, 3.05) is 17.4 Å². The maximum atomic E-state index is 13.3. The molecule has 1 amide bonds. The van der Waals surface area contributed by atoms with Gasteiger partial charge in [-0.25, -0.2) is 8.42 Å². The maximum absolute atomic E-state index is 13.3. The number of aryl methyl sites for hydroxylation is 2. The molecule has 0 aromatic heterocycles. The van der Waals surface area contributed by atoms with E-state index in [-0.39, 0.29) is 17.3 Å². The van der Waals surface area contributed by atoms with E-state index >= 15 is 0 Å². The van der Waals surface area contributed by atoms with Crippen LogP contribution in [0.4, 0.5) is 5.69 Å². The van der Waals surface area contributed by atoms with E-state index in [1.54, 1.807) is 54.6 Å². The Labute approximate surface area is 188 Å². The van der Waals surface area contributed by atoms with Crippen LogP contribution in [0.15, 0.2) is 83.8 Å². The third-order valence-electron chi connectivity index (χ3n) is 5.42. The quantitative estimate of drug-likeness (QED) is 0.557. The van der Waals surface area contributed by atoms with Crippen molar-refractivity contribution in [3.63, 3.8) is 0 Å². The number of rotatable bonds is 7. The fourth-order valence-electron chi connectivity index (χ4n) is 3.66. The Morgan fingerprint density at radius 2 is 1.69 bits per heavy atom. The highest BCUT2D eigenvalue weighted by Crippen LogP contribution is 2.36. The molecule has 1 N–H and O–H groups in total. The summed E-state index contributed by atoms with van der Waals surface area (Å²) in [5.41, 5.74) is 2.86. The Bertz CT molecular complexity index is 1180. The zero-order valence-corrected chi connectivity index (χ0v) is 18.7. The van der Waals surface area contributed by atoms with Gasteiger partial charge in [-0.1, -0.05) is 60.2 Å². The van der Waals surface area contributed by atoms with Crippen LogP contribution in [0, 0.1) is 6.92 Å². The number of sulfonamides is 1. The van der Waals surface area contributed by atoms with Gasteiger partial charge in [-0.15, -0.1) is 0 Å². The third kappa shape index (κ3) is 4.78. The molecule has 1 atom stereocenters. The molecule has 4 rings (SSSR count). The highest BCUT2D eigenvalue weighted by atomic mass is 32.2. The molecule has 166 valence electrons. The second kappa shape index (κ2) is 9.44. The molecule has 32 heavy (non-hydrogen) atoms. The summed E-state index contributed by atoms with van der Waals surface area (Å²) < 4.78 is 33.7. The van der Waals surface area contributed by atoms with Gasteiger partial charge in [0.1, 0.15) is 5.75 Å². The van der Waals surface area contributed by atoms with E-state index in [1.807, 2.05) is 6.92 Å². The summed E-state index contributed by atoms with van der Waals surface area (Å²) in [6, 6.07) is 23.4. The number of hydrogen-bond acceptors (Lipinski definition) is 4. The summed E-state index contributed by atoms with van der Waals surface area (Å²) >= 11 is 0. The Kier molecular flexibility index (Phi) is 6.46. The molecule has 0 saturated heterocycles. The topological polar surface area (TPSA) is 75.7 Å². The van der Waals surface area contributed by atoms with E-state index < -0.39 is 16.1 Å². The van der Waals surface area contributed by atoms with Crippen molar-refractivity contribution in [3.05, 3.63) is 90.0 Å². The third-order valence-corrected chi connectivity index (χ3v) is 7.21. The zero-order chi connectivity index (χ0) is 22.6. The highest BCUT2D eigenvalue weighted by Gasteiger charge is 2.37. The smallest absolute Gasteiger partial charge is 0.264 e. The number of para-hydroxylation sites is 2. The Balaban J connectivity index is 1.45. The Morgan fingerprint density at radius 3 is 2.44 bits per heavy atom. The van der Waals surface area contributed by atoms with Gasteiger partial charge in [-0.3, -0.25) is 9.10 Å². The van der Waals surface area contributed by atoms with Crippen LogP contribution in [0.3, 0.4) is 0 Å². The number of benzene rings is 3. The first-order valence-corrected chi connectivity index (χ1v) is 12.1. The van der Waals surface area contributed by atoms with Crippen LogP contribution in [0.2, 0.25) is 0 Å². The molecule has 7 heteroatoms. The molecule has 6 nitrogen and oxygen atoms in total. The summed E-state index contributed by atoms with van der Waals surface area (Å²) in [6.45, 7) is 2.45. The number of hydrogen-bond donors (Lipinski definition) is 1. The van der Waals surface area contributed by atoms with Crippen molar-refractivity contribution in [1.82, 2.24) is 5.32 Å². The van der Waals surface area contributed by atoms with Gasteiger partial charge in [-0.2, -0.15) is 0 Å². The summed E-state index contributed by atoms with van der Waals surface area (Å²) in [5, 5.41) is 2.89. The predicted molar refractivity (Wildman–Crippen MR) is 124 cm³/mol. The number of ether oxygens (including phenoxy) is 1. The number of anilines is 1. The second-order valence-corrected chi connectivity index (χ2v) is 9.67. The molecular formula is C25H26N2O4S. The van der Waals surface area contributed by atoms with Gasteiger partial charge in [0.15, 0.2) is 6.10 Å². The van der Waals surface area contributed by atoms with Gasteiger partial charge >= 0.3 is 0 Å². The number of carbonyl (C=O) groups is 1. The molecule has 3 aromatic carbocycles. The molecule has 0 saturated carbocycles. The molecule has 1 heterocycles. The fourth-order valence-corrected chi connectivity index (χ4v) is 5.16. The molecule has 0 radical (unpaired) electrons. The van der Waals surface area contributed by atoms with E-state index in [0.717, 1.165) is 12.8 Å². The normalized spacial score (nSPS) is 15.5. The number of nitrogens with one attached hydrogen (secondary N) is 1. The first-order chi connectivity index (χ1) is 15.4. The van der Waals surface area contributed by atoms with Crippen molar-refractivity contribution < 1.29 is 17.9 Å². The monoisotopic (exact) mass is 450 g/mol. The van der Waals surface area contributed by atoms with E-state index in [4.69, 9.17) is 4.74 Å². The molecule has 0 fully saturated rings. The lowest BCUT2D eigenvalue weighted by molar-refractivity contribution is -0.127. The van der Waals surface area contributed by atoms with Crippen molar-refractivity contribution in [3.8, 4) is 5.75 Å². The highest BCUT2D eigenvalue weighted by molar-refractivity contribution is 7.92. The van der Waals surface area contributed by atoms with E-state index in [2.05, 4.69) is 29.6 Å². The van der Waals surface area contributed by atoms with Crippen molar-refractivity contribution in [1.29, 1.82) is 0 Å². The molecule has 0 bridgehead atoms. The van der Waals surface area contributed by atoms with E-state index in [1.165, 1.54) is 15.4 Å². The zero-order valence-electron chi connectivity index (χ0n) is 17.9. The van der Waals surface area contributed by atoms with Crippen LogP contribution in [-0.2, 0) is 21.2 Å².